The van der Waals surface area contributed by atoms with Gasteiger partial charge in [0.15, 0.2) is 0 Å². The predicted octanol–water partition coefficient (Wildman–Crippen LogP) is 2.39. The Balaban J connectivity index is 2.14. The van der Waals surface area contributed by atoms with Crippen LogP contribution in [0.15, 0.2) is 6.20 Å². The zero-order chi connectivity index (χ0) is 17.0. The van der Waals surface area contributed by atoms with Crippen LogP contribution >= 0.6 is 7.67 Å². The van der Waals surface area contributed by atoms with Crippen molar-refractivity contribution < 1.29 is 14.0 Å². The first-order valence-electron chi connectivity index (χ1n) is 7.84. The standard InChI is InChI=1S/C13H24N5O4P/c1-4-6-16-8-9-17(7-5-2)23(16,21)22-11-12-10-14-13(15(12)3)18(19)20/h10H,4-9,11H2,1-3H3. The summed E-state index contributed by atoms with van der Waals surface area (Å²) in [6.07, 6.45) is 3.18. The molecule has 1 aromatic rings. The van der Waals surface area contributed by atoms with Crippen LogP contribution < -0.4 is 0 Å². The predicted molar refractivity (Wildman–Crippen MR) is 86.0 cm³/mol. The van der Waals surface area contributed by atoms with Crippen LogP contribution in [0.1, 0.15) is 32.4 Å². The molecule has 1 aliphatic heterocycles. The molecule has 0 radical (unpaired) electrons. The maximum absolute atomic E-state index is 13.3. The van der Waals surface area contributed by atoms with Gasteiger partial charge in [-0.05, 0) is 17.8 Å². The third-order valence-electron chi connectivity index (χ3n) is 3.90. The lowest BCUT2D eigenvalue weighted by atomic mass is 10.4. The van der Waals surface area contributed by atoms with Gasteiger partial charge in [0, 0.05) is 26.2 Å². The summed E-state index contributed by atoms with van der Waals surface area (Å²) >= 11 is 0. The third kappa shape index (κ3) is 3.63. The molecular weight excluding hydrogens is 321 g/mol. The normalized spacial score (nSPS) is 18.6. The molecule has 0 saturated carbocycles. The van der Waals surface area contributed by atoms with Gasteiger partial charge in [-0.1, -0.05) is 18.8 Å². The zero-order valence-corrected chi connectivity index (χ0v) is 14.7. The van der Waals surface area contributed by atoms with Crippen molar-refractivity contribution in [3.63, 3.8) is 0 Å². The lowest BCUT2D eigenvalue weighted by Crippen LogP contribution is -2.23. The van der Waals surface area contributed by atoms with E-state index in [4.69, 9.17) is 4.52 Å². The van der Waals surface area contributed by atoms with Crippen LogP contribution in [-0.4, -0.2) is 50.0 Å². The van der Waals surface area contributed by atoms with Crippen LogP contribution in [-0.2, 0) is 22.7 Å². The molecule has 2 rings (SSSR count). The number of imidazole rings is 1. The molecule has 0 spiro atoms. The molecule has 1 saturated heterocycles. The first kappa shape index (κ1) is 18.1. The number of aromatic nitrogens is 2. The van der Waals surface area contributed by atoms with Gasteiger partial charge in [-0.3, -0.25) is 9.09 Å². The van der Waals surface area contributed by atoms with E-state index in [-0.39, 0.29) is 12.6 Å². The van der Waals surface area contributed by atoms with E-state index in [1.165, 1.54) is 10.8 Å². The maximum atomic E-state index is 13.3. The molecule has 0 aliphatic carbocycles. The molecule has 23 heavy (non-hydrogen) atoms. The highest BCUT2D eigenvalue weighted by Crippen LogP contribution is 2.58. The fourth-order valence-corrected chi connectivity index (χ4v) is 5.28. The zero-order valence-electron chi connectivity index (χ0n) is 13.8. The van der Waals surface area contributed by atoms with Crippen LogP contribution in [0.4, 0.5) is 5.95 Å². The molecule has 130 valence electrons. The maximum Gasteiger partial charge on any atom is 0.434 e. The Labute approximate surface area is 135 Å². The monoisotopic (exact) mass is 345 g/mol. The number of hydrogen-bond donors (Lipinski definition) is 0. The van der Waals surface area contributed by atoms with Crippen LogP contribution in [0.5, 0.6) is 0 Å². The van der Waals surface area contributed by atoms with Gasteiger partial charge in [0.05, 0.1) is 7.05 Å². The summed E-state index contributed by atoms with van der Waals surface area (Å²) in [5, 5.41) is 10.8. The molecule has 0 bridgehead atoms. The molecule has 0 N–H and O–H groups in total. The Morgan fingerprint density at radius 2 is 1.87 bits per heavy atom. The van der Waals surface area contributed by atoms with Gasteiger partial charge in [0.25, 0.3) is 0 Å². The van der Waals surface area contributed by atoms with E-state index in [1.807, 2.05) is 23.2 Å². The van der Waals surface area contributed by atoms with Crippen LogP contribution in [0.25, 0.3) is 0 Å². The van der Waals surface area contributed by atoms with Gasteiger partial charge in [-0.25, -0.2) is 13.9 Å². The molecule has 1 fully saturated rings. The Bertz CT molecular complexity index is 587. The second-order valence-electron chi connectivity index (χ2n) is 5.54. The van der Waals surface area contributed by atoms with Crippen molar-refractivity contribution in [3.8, 4) is 0 Å². The largest absolute Gasteiger partial charge is 0.434 e. The summed E-state index contributed by atoms with van der Waals surface area (Å²) in [4.78, 5) is 14.1. The van der Waals surface area contributed by atoms with Crippen LogP contribution in [0.3, 0.4) is 0 Å². The van der Waals surface area contributed by atoms with Crippen LogP contribution in [0, 0.1) is 10.1 Å². The molecule has 9 nitrogen and oxygen atoms in total. The molecule has 0 amide bonds. The second kappa shape index (κ2) is 7.53. The molecule has 1 aromatic heterocycles. The quantitative estimate of drug-likeness (QED) is 0.405. The van der Waals surface area contributed by atoms with E-state index in [0.29, 0.717) is 18.8 Å². The number of nitrogens with zero attached hydrogens (tertiary/aromatic N) is 5. The van der Waals surface area contributed by atoms with Gasteiger partial charge < -0.3 is 10.1 Å². The van der Waals surface area contributed by atoms with Crippen molar-refractivity contribution in [2.24, 2.45) is 7.05 Å². The van der Waals surface area contributed by atoms with Gasteiger partial charge in [-0.2, -0.15) is 0 Å². The summed E-state index contributed by atoms with van der Waals surface area (Å²) in [5.74, 6) is -0.246. The average molecular weight is 345 g/mol. The van der Waals surface area contributed by atoms with E-state index in [0.717, 1.165) is 25.9 Å². The van der Waals surface area contributed by atoms with Crippen molar-refractivity contribution >= 4 is 13.6 Å². The molecule has 0 atom stereocenters. The highest BCUT2D eigenvalue weighted by Gasteiger charge is 2.43. The smallest absolute Gasteiger partial charge is 0.390 e. The van der Waals surface area contributed by atoms with Crippen LogP contribution in [0.2, 0.25) is 0 Å². The molecule has 2 heterocycles. The third-order valence-corrected chi connectivity index (χ3v) is 6.59. The van der Waals surface area contributed by atoms with E-state index in [1.54, 1.807) is 7.05 Å². The van der Waals surface area contributed by atoms with Gasteiger partial charge in [-0.15, -0.1) is 0 Å². The lowest BCUT2D eigenvalue weighted by Gasteiger charge is -2.28. The fourth-order valence-electron chi connectivity index (χ4n) is 2.71. The second-order valence-corrected chi connectivity index (χ2v) is 7.91. The summed E-state index contributed by atoms with van der Waals surface area (Å²) < 4.78 is 24.3. The van der Waals surface area contributed by atoms with Crippen molar-refractivity contribution in [1.82, 2.24) is 18.9 Å². The minimum absolute atomic E-state index is 0.0368. The van der Waals surface area contributed by atoms with Gasteiger partial charge in [0.1, 0.15) is 18.5 Å². The highest BCUT2D eigenvalue weighted by atomic mass is 31.2. The van der Waals surface area contributed by atoms with E-state index >= 15 is 0 Å². The van der Waals surface area contributed by atoms with Crippen molar-refractivity contribution in [1.29, 1.82) is 0 Å². The van der Waals surface area contributed by atoms with Crippen molar-refractivity contribution in [2.45, 2.75) is 33.3 Å². The van der Waals surface area contributed by atoms with E-state index in [9.17, 15) is 14.7 Å². The van der Waals surface area contributed by atoms with Gasteiger partial charge >= 0.3 is 13.6 Å². The molecular formula is C13H24N5O4P. The lowest BCUT2D eigenvalue weighted by molar-refractivity contribution is -0.396. The fraction of sp³-hybridized carbons (Fsp3) is 0.769. The summed E-state index contributed by atoms with van der Waals surface area (Å²) in [5.41, 5.74) is 0.534. The topological polar surface area (TPSA) is 93.7 Å². The van der Waals surface area contributed by atoms with Gasteiger partial charge in [0.2, 0.25) is 0 Å². The molecule has 10 heteroatoms. The Morgan fingerprint density at radius 1 is 1.30 bits per heavy atom. The Morgan fingerprint density at radius 3 is 2.30 bits per heavy atom. The summed E-state index contributed by atoms with van der Waals surface area (Å²) in [7, 11) is -1.51. The Kier molecular flexibility index (Phi) is 5.91. The first-order valence-corrected chi connectivity index (χ1v) is 9.37. The minimum Gasteiger partial charge on any atom is -0.390 e. The number of hydrogen-bond acceptors (Lipinski definition) is 5. The first-order chi connectivity index (χ1) is 10.9. The summed E-state index contributed by atoms with van der Waals surface area (Å²) in [6, 6.07) is 0. The molecule has 0 unspecified atom stereocenters. The van der Waals surface area contributed by atoms with E-state index < -0.39 is 12.6 Å². The van der Waals surface area contributed by atoms with Crippen molar-refractivity contribution in [3.05, 3.63) is 22.0 Å². The molecule has 0 aromatic carbocycles. The number of rotatable bonds is 8. The minimum atomic E-state index is -3.07. The van der Waals surface area contributed by atoms with E-state index in [2.05, 4.69) is 4.98 Å². The SMILES string of the molecule is CCCN1CCN(CCC)P1(=O)OCc1cnc([N+](=O)[O-])n1C. The Hall–Kier alpha value is -1.28. The highest BCUT2D eigenvalue weighted by molar-refractivity contribution is 7.54. The summed E-state index contributed by atoms with van der Waals surface area (Å²) in [6.45, 7) is 6.98. The van der Waals surface area contributed by atoms with Crippen molar-refractivity contribution in [2.75, 3.05) is 26.2 Å². The number of nitro groups is 1. The molecule has 1 aliphatic rings. The average Bonchev–Trinajstić information content (AvgIpc) is 3.01.